The monoisotopic (exact) mass is 776 g/mol. The Kier molecular flexibility index (Phi) is 8.56. The van der Waals surface area contributed by atoms with Gasteiger partial charge in [-0.2, -0.15) is 18.4 Å². The number of fused-ring (bicyclic) bond motifs is 4. The van der Waals surface area contributed by atoms with Gasteiger partial charge in [0, 0.05) is 70.7 Å². The molecule has 5 atom stereocenters. The Bertz CT molecular complexity index is 2390. The van der Waals surface area contributed by atoms with Crippen LogP contribution >= 0.6 is 23.2 Å². The first kappa shape index (κ1) is 35.3. The van der Waals surface area contributed by atoms with Gasteiger partial charge in [-0.15, -0.1) is 0 Å². The van der Waals surface area contributed by atoms with E-state index in [4.69, 9.17) is 32.9 Å². The molecule has 5 aromatic rings. The third-order valence-corrected chi connectivity index (χ3v) is 12.4. The van der Waals surface area contributed by atoms with Gasteiger partial charge in [0.1, 0.15) is 17.3 Å². The minimum absolute atomic E-state index is 0.0119. The number of nitrogens with zero attached hydrogens (tertiary/aromatic N) is 5. The summed E-state index contributed by atoms with van der Waals surface area (Å²) in [6, 6.07) is 14.5. The zero-order chi connectivity index (χ0) is 37.6. The zero-order valence-electron chi connectivity index (χ0n) is 29.1. The van der Waals surface area contributed by atoms with Gasteiger partial charge in [0.05, 0.1) is 40.3 Å². The number of aromatic nitrogens is 3. The van der Waals surface area contributed by atoms with E-state index in [1.807, 2.05) is 24.0 Å². The smallest absolute Gasteiger partial charge is 0.433 e. The topological polar surface area (TPSA) is 96.1 Å². The fourth-order valence-corrected chi connectivity index (χ4v) is 9.27. The summed E-state index contributed by atoms with van der Waals surface area (Å²) >= 11 is 13.0. The molecule has 0 spiro atoms. The van der Waals surface area contributed by atoms with Crippen LogP contribution in [0.25, 0.3) is 32.9 Å². The maximum atomic E-state index is 17.2. The number of hydrogen-bond donors (Lipinski definition) is 1. The molecule has 3 aromatic heterocycles. The predicted molar refractivity (Wildman–Crippen MR) is 196 cm³/mol. The molecule has 3 saturated heterocycles. The van der Waals surface area contributed by atoms with Gasteiger partial charge in [0.15, 0.2) is 5.82 Å². The number of carbonyl (C=O) groups excluding carboxylic acids is 1. The van der Waals surface area contributed by atoms with Gasteiger partial charge < -0.3 is 19.5 Å². The zero-order valence-corrected chi connectivity index (χ0v) is 30.6. The first-order valence-corrected chi connectivity index (χ1v) is 18.9. The van der Waals surface area contributed by atoms with Crippen molar-refractivity contribution in [2.75, 3.05) is 13.1 Å². The summed E-state index contributed by atoms with van der Waals surface area (Å²) in [4.78, 5) is 24.4. The summed E-state index contributed by atoms with van der Waals surface area (Å²) in [6.07, 6.45) is -1.99. The van der Waals surface area contributed by atoms with Gasteiger partial charge in [-0.3, -0.25) is 4.79 Å². The Morgan fingerprint density at radius 3 is 2.59 bits per heavy atom. The van der Waals surface area contributed by atoms with Crippen LogP contribution in [0.4, 0.5) is 17.6 Å². The highest BCUT2D eigenvalue weighted by molar-refractivity contribution is 6.43. The van der Waals surface area contributed by atoms with Crippen LogP contribution < -0.4 is 10.1 Å². The average molecular weight is 778 g/mol. The standard InChI is InChI=1S/C40H34Cl2F4N6O2/c1-19-25-16-30(29-15-23(18-51(29)39(53)20-10-11-20)54-32-9-3-8-31(50-32)40(44,45)46)52(37-22-14-28(37)48-17-22)38(25)26-13-21(5-4-12-47)33(35(43)36(26)49-19)24-6-2-7-27(41)34(24)42/h2-3,6-9,13,16,20,22-23,28-29,37,48H,4-5,10-11,14-15,17-18H2,1H3. The molecule has 54 heavy (non-hydrogen) atoms. The SMILES string of the molecule is Cc1nc2c(F)c(-c3cccc(Cl)c3Cl)c(CCC#N)cc2c2c1cc(C1CC(Oc3cccc(C(F)(F)F)n3)CN1C(=O)C1CC1)n2C1C2CNC1C2. The molecule has 2 aromatic carbocycles. The number of nitriles is 1. The molecule has 2 aliphatic carbocycles. The van der Waals surface area contributed by atoms with E-state index in [9.17, 15) is 23.2 Å². The van der Waals surface area contributed by atoms with E-state index in [-0.39, 0.29) is 70.3 Å². The van der Waals surface area contributed by atoms with Crippen molar-refractivity contribution in [3.8, 4) is 23.1 Å². The largest absolute Gasteiger partial charge is 0.472 e. The molecule has 278 valence electrons. The molecule has 8 nitrogen and oxygen atoms in total. The van der Waals surface area contributed by atoms with Crippen molar-refractivity contribution in [3.63, 3.8) is 0 Å². The molecule has 5 aliphatic rings. The van der Waals surface area contributed by atoms with Crippen molar-refractivity contribution in [2.24, 2.45) is 11.8 Å². The summed E-state index contributed by atoms with van der Waals surface area (Å²) < 4.78 is 66.1. The van der Waals surface area contributed by atoms with Gasteiger partial charge >= 0.3 is 6.18 Å². The molecule has 1 N–H and O–H groups in total. The first-order valence-electron chi connectivity index (χ1n) is 18.2. The minimum atomic E-state index is -4.63. The third kappa shape index (κ3) is 5.78. The number of amides is 1. The molecular weight excluding hydrogens is 743 g/mol. The van der Waals surface area contributed by atoms with Crippen molar-refractivity contribution in [2.45, 2.75) is 75.9 Å². The lowest BCUT2D eigenvalue weighted by molar-refractivity contribution is -0.141. The van der Waals surface area contributed by atoms with Gasteiger partial charge in [-0.25, -0.2) is 14.4 Å². The van der Waals surface area contributed by atoms with E-state index >= 15 is 4.39 Å². The fourth-order valence-electron chi connectivity index (χ4n) is 8.88. The Morgan fingerprint density at radius 2 is 1.89 bits per heavy atom. The van der Waals surface area contributed by atoms with Crippen LogP contribution in [-0.4, -0.2) is 50.6 Å². The lowest BCUT2D eigenvalue weighted by atomic mass is 9.79. The molecular formula is C40H34Cl2F4N6O2. The molecule has 2 bridgehead atoms. The van der Waals surface area contributed by atoms with Crippen LogP contribution in [0.1, 0.15) is 66.8 Å². The van der Waals surface area contributed by atoms with Crippen LogP contribution in [0.5, 0.6) is 5.88 Å². The second-order valence-electron chi connectivity index (χ2n) is 14.9. The molecule has 0 radical (unpaired) electrons. The highest BCUT2D eigenvalue weighted by Gasteiger charge is 2.51. The molecule has 5 unspecified atom stereocenters. The number of rotatable bonds is 8. The molecule has 10 rings (SSSR count). The average Bonchev–Trinajstić information content (AvgIpc) is 3.42. The van der Waals surface area contributed by atoms with E-state index in [0.29, 0.717) is 34.5 Å². The molecule has 6 heterocycles. The number of pyridine rings is 2. The minimum Gasteiger partial charge on any atom is -0.472 e. The highest BCUT2D eigenvalue weighted by Crippen LogP contribution is 2.51. The van der Waals surface area contributed by atoms with Crippen LogP contribution in [0.2, 0.25) is 10.0 Å². The first-order chi connectivity index (χ1) is 25.9. The van der Waals surface area contributed by atoms with Gasteiger partial charge in [0.25, 0.3) is 0 Å². The Morgan fingerprint density at radius 1 is 1.09 bits per heavy atom. The fraction of sp³-hybridized carbons (Fsp3) is 0.400. The number of nitrogens with one attached hydrogen (secondary N) is 1. The number of alkyl halides is 3. The number of carbonyl (C=O) groups is 1. The van der Waals surface area contributed by atoms with Crippen LogP contribution in [0.3, 0.4) is 0 Å². The van der Waals surface area contributed by atoms with Gasteiger partial charge in [-0.1, -0.05) is 41.4 Å². The Balaban J connectivity index is 1.23. The Hall–Kier alpha value is -4.44. The van der Waals surface area contributed by atoms with Gasteiger partial charge in [0.2, 0.25) is 11.8 Å². The van der Waals surface area contributed by atoms with Crippen molar-refractivity contribution in [1.82, 2.24) is 24.8 Å². The number of hydrogen-bond acceptors (Lipinski definition) is 6. The highest BCUT2D eigenvalue weighted by atomic mass is 35.5. The lowest BCUT2D eigenvalue weighted by Gasteiger charge is -2.39. The quantitative estimate of drug-likeness (QED) is 0.158. The van der Waals surface area contributed by atoms with Crippen LogP contribution in [-0.2, 0) is 17.4 Å². The van der Waals surface area contributed by atoms with Crippen molar-refractivity contribution < 1.29 is 27.1 Å². The summed E-state index contributed by atoms with van der Waals surface area (Å²) in [6.45, 7) is 2.84. The molecule has 5 fully saturated rings. The van der Waals surface area contributed by atoms with Crippen LogP contribution in [0, 0.1) is 35.9 Å². The summed E-state index contributed by atoms with van der Waals surface area (Å²) in [5.74, 6) is -0.543. The van der Waals surface area contributed by atoms with E-state index in [1.54, 1.807) is 18.2 Å². The summed E-state index contributed by atoms with van der Waals surface area (Å²) in [7, 11) is 0. The van der Waals surface area contributed by atoms with Crippen LogP contribution in [0.15, 0.2) is 48.5 Å². The second-order valence-corrected chi connectivity index (χ2v) is 15.7. The van der Waals surface area contributed by atoms with Crippen molar-refractivity contribution in [3.05, 3.63) is 87.0 Å². The maximum absolute atomic E-state index is 17.2. The van der Waals surface area contributed by atoms with Crippen molar-refractivity contribution in [1.29, 1.82) is 5.26 Å². The predicted octanol–water partition coefficient (Wildman–Crippen LogP) is 9.14. The molecule has 1 amide bonds. The number of aryl methyl sites for hydroxylation is 2. The summed E-state index contributed by atoms with van der Waals surface area (Å²) in [5, 5.41) is 15.1. The number of halogens is 6. The molecule has 14 heteroatoms. The maximum Gasteiger partial charge on any atom is 0.433 e. The number of likely N-dealkylation sites (tertiary alicyclic amines) is 1. The van der Waals surface area contributed by atoms with Crippen molar-refractivity contribution >= 4 is 50.9 Å². The lowest BCUT2D eigenvalue weighted by Crippen LogP contribution is -2.41. The van der Waals surface area contributed by atoms with E-state index in [2.05, 4.69) is 20.9 Å². The van der Waals surface area contributed by atoms with E-state index in [1.165, 1.54) is 12.1 Å². The normalized spacial score (nSPS) is 23.6. The number of benzene rings is 2. The molecule has 3 aliphatic heterocycles. The van der Waals surface area contributed by atoms with Gasteiger partial charge in [-0.05, 0) is 68.4 Å². The third-order valence-electron chi connectivity index (χ3n) is 11.5. The number of ether oxygens (including phenoxy) is 1. The molecule has 2 saturated carbocycles. The second kappa shape index (κ2) is 13.1. The Labute approximate surface area is 318 Å². The summed E-state index contributed by atoms with van der Waals surface area (Å²) in [5.41, 5.74) is 2.61. The van der Waals surface area contributed by atoms with E-state index in [0.717, 1.165) is 48.5 Å². The van der Waals surface area contributed by atoms with E-state index < -0.39 is 29.8 Å².